The van der Waals surface area contributed by atoms with Crippen LogP contribution in [0.3, 0.4) is 0 Å². The lowest BCUT2D eigenvalue weighted by Crippen LogP contribution is -2.54. The molecule has 0 aliphatic carbocycles. The van der Waals surface area contributed by atoms with Crippen molar-refractivity contribution in [1.29, 1.82) is 0 Å². The van der Waals surface area contributed by atoms with Gasteiger partial charge in [0.15, 0.2) is 0 Å². The van der Waals surface area contributed by atoms with E-state index in [9.17, 15) is 14.4 Å². The highest BCUT2D eigenvalue weighted by molar-refractivity contribution is 9.10. The van der Waals surface area contributed by atoms with Crippen LogP contribution in [0.4, 0.5) is 10.5 Å². The number of carbonyl (C=O) groups excluding carboxylic acids is 3. The Morgan fingerprint density at radius 1 is 0.970 bits per heavy atom. The van der Waals surface area contributed by atoms with Crippen LogP contribution in [0.25, 0.3) is 6.08 Å². The normalized spacial score (nSPS) is 15.1. The van der Waals surface area contributed by atoms with E-state index in [4.69, 9.17) is 4.74 Å². The number of nitrogens with zero attached hydrogens (tertiary/aromatic N) is 1. The molecule has 4 amide bonds. The van der Waals surface area contributed by atoms with Crippen molar-refractivity contribution in [2.75, 3.05) is 4.90 Å². The third kappa shape index (κ3) is 4.88. The molecule has 0 bridgehead atoms. The second kappa shape index (κ2) is 9.42. The van der Waals surface area contributed by atoms with Gasteiger partial charge in [0.2, 0.25) is 0 Å². The number of halogens is 1. The number of carbonyl (C=O) groups is 3. The highest BCUT2D eigenvalue weighted by Crippen LogP contribution is 2.27. The van der Waals surface area contributed by atoms with Crippen molar-refractivity contribution in [3.63, 3.8) is 0 Å². The summed E-state index contributed by atoms with van der Waals surface area (Å²) in [6.45, 7) is 4.08. The second-order valence-corrected chi connectivity index (χ2v) is 8.55. The monoisotopic (exact) mass is 504 g/mol. The number of barbiturate groups is 1. The average Bonchev–Trinajstić information content (AvgIpc) is 2.79. The first-order valence-electron chi connectivity index (χ1n) is 10.3. The molecule has 0 unspecified atom stereocenters. The Morgan fingerprint density at radius 2 is 1.70 bits per heavy atom. The van der Waals surface area contributed by atoms with E-state index in [-0.39, 0.29) is 5.57 Å². The van der Waals surface area contributed by atoms with Crippen molar-refractivity contribution in [3.05, 3.63) is 99.0 Å². The summed E-state index contributed by atoms with van der Waals surface area (Å²) in [7, 11) is 0. The minimum atomic E-state index is -0.758. The lowest BCUT2D eigenvalue weighted by Gasteiger charge is -2.27. The Labute approximate surface area is 200 Å². The van der Waals surface area contributed by atoms with Crippen molar-refractivity contribution in [1.82, 2.24) is 5.32 Å². The lowest BCUT2D eigenvalue weighted by atomic mass is 10.0. The first-order valence-corrected chi connectivity index (χ1v) is 11.1. The number of imide groups is 2. The molecule has 0 spiro atoms. The molecule has 1 N–H and O–H groups in total. The fourth-order valence-electron chi connectivity index (χ4n) is 3.44. The smallest absolute Gasteiger partial charge is 0.335 e. The van der Waals surface area contributed by atoms with Crippen LogP contribution in [0.2, 0.25) is 0 Å². The van der Waals surface area contributed by atoms with Crippen LogP contribution < -0.4 is 15.0 Å². The third-order valence-electron chi connectivity index (χ3n) is 5.25. The molecule has 0 atom stereocenters. The average molecular weight is 505 g/mol. The summed E-state index contributed by atoms with van der Waals surface area (Å²) >= 11 is 3.50. The molecule has 33 heavy (non-hydrogen) atoms. The van der Waals surface area contributed by atoms with E-state index in [0.29, 0.717) is 23.6 Å². The van der Waals surface area contributed by atoms with Gasteiger partial charge in [0, 0.05) is 10.0 Å². The van der Waals surface area contributed by atoms with Crippen molar-refractivity contribution in [3.8, 4) is 5.75 Å². The Morgan fingerprint density at radius 3 is 2.42 bits per heavy atom. The van der Waals surface area contributed by atoms with Gasteiger partial charge in [-0.15, -0.1) is 0 Å². The van der Waals surface area contributed by atoms with Crippen LogP contribution in [-0.4, -0.2) is 17.8 Å². The SMILES string of the molecule is Cc1ccc(C)c(N2C(=O)NC(=O)/C(=C\c3ccc(OCc4ccccc4Br)cc3)C2=O)c1. The maximum atomic E-state index is 13.1. The summed E-state index contributed by atoms with van der Waals surface area (Å²) in [6.07, 6.45) is 1.47. The van der Waals surface area contributed by atoms with Gasteiger partial charge in [-0.25, -0.2) is 9.69 Å². The van der Waals surface area contributed by atoms with Gasteiger partial charge >= 0.3 is 6.03 Å². The van der Waals surface area contributed by atoms with Crippen molar-refractivity contribution < 1.29 is 19.1 Å². The number of amides is 4. The summed E-state index contributed by atoms with van der Waals surface area (Å²) < 4.78 is 6.79. The van der Waals surface area contributed by atoms with E-state index in [1.807, 2.05) is 50.2 Å². The molecule has 166 valence electrons. The van der Waals surface area contributed by atoms with E-state index in [0.717, 1.165) is 26.1 Å². The van der Waals surface area contributed by atoms with Gasteiger partial charge in [-0.3, -0.25) is 14.9 Å². The van der Waals surface area contributed by atoms with Gasteiger partial charge in [-0.2, -0.15) is 0 Å². The highest BCUT2D eigenvalue weighted by Gasteiger charge is 2.37. The topological polar surface area (TPSA) is 75.7 Å². The zero-order chi connectivity index (χ0) is 23.5. The van der Waals surface area contributed by atoms with Crippen LogP contribution in [0.5, 0.6) is 5.75 Å². The summed E-state index contributed by atoms with van der Waals surface area (Å²) in [6, 6.07) is 19.6. The van der Waals surface area contributed by atoms with E-state index in [2.05, 4.69) is 21.2 Å². The van der Waals surface area contributed by atoms with Gasteiger partial charge in [-0.1, -0.05) is 58.4 Å². The predicted octanol–water partition coefficient (Wildman–Crippen LogP) is 5.31. The van der Waals surface area contributed by atoms with E-state index < -0.39 is 17.8 Å². The minimum absolute atomic E-state index is 0.114. The third-order valence-corrected chi connectivity index (χ3v) is 6.02. The molecule has 1 heterocycles. The summed E-state index contributed by atoms with van der Waals surface area (Å²) in [5, 5.41) is 2.26. The molecule has 0 saturated carbocycles. The van der Waals surface area contributed by atoms with Gasteiger partial charge < -0.3 is 4.74 Å². The quantitative estimate of drug-likeness (QED) is 0.377. The Bertz CT molecular complexity index is 1280. The number of benzene rings is 3. The number of rotatable bonds is 5. The standard InChI is InChI=1S/C26H21BrN2O4/c1-16-7-8-17(2)23(13-16)29-25(31)21(24(30)28-26(29)32)14-18-9-11-20(12-10-18)33-15-19-5-3-4-6-22(19)27/h3-14H,15H2,1-2H3,(H,28,30,32)/b21-14+. The van der Waals surface area contributed by atoms with Crippen LogP contribution in [-0.2, 0) is 16.2 Å². The number of nitrogens with one attached hydrogen (secondary N) is 1. The Balaban J connectivity index is 1.55. The molecule has 3 aromatic carbocycles. The highest BCUT2D eigenvalue weighted by atomic mass is 79.9. The fraction of sp³-hybridized carbons (Fsp3) is 0.115. The molecule has 0 aromatic heterocycles. The number of ether oxygens (including phenoxy) is 1. The molecule has 1 aliphatic heterocycles. The summed E-state index contributed by atoms with van der Waals surface area (Å²) in [5.41, 5.74) is 3.64. The zero-order valence-electron chi connectivity index (χ0n) is 18.1. The van der Waals surface area contributed by atoms with Gasteiger partial charge in [0.05, 0.1) is 5.69 Å². The van der Waals surface area contributed by atoms with Crippen LogP contribution in [0.1, 0.15) is 22.3 Å². The molecule has 1 saturated heterocycles. The molecule has 1 aliphatic rings. The largest absolute Gasteiger partial charge is 0.489 e. The van der Waals surface area contributed by atoms with Gasteiger partial charge in [0.25, 0.3) is 11.8 Å². The minimum Gasteiger partial charge on any atom is -0.489 e. The molecule has 3 aromatic rings. The number of hydrogen-bond acceptors (Lipinski definition) is 4. The maximum absolute atomic E-state index is 13.1. The van der Waals surface area contributed by atoms with Crippen molar-refractivity contribution in [2.45, 2.75) is 20.5 Å². The summed E-state index contributed by atoms with van der Waals surface area (Å²) in [5.74, 6) is -0.730. The lowest BCUT2D eigenvalue weighted by molar-refractivity contribution is -0.122. The van der Waals surface area contributed by atoms with Crippen molar-refractivity contribution >= 4 is 45.5 Å². The van der Waals surface area contributed by atoms with E-state index in [1.165, 1.54) is 6.08 Å². The number of aryl methyl sites for hydroxylation is 2. The molecule has 7 heteroatoms. The van der Waals surface area contributed by atoms with Gasteiger partial charge in [-0.05, 0) is 60.9 Å². The van der Waals surface area contributed by atoms with Gasteiger partial charge in [0.1, 0.15) is 17.9 Å². The molecule has 4 rings (SSSR count). The summed E-state index contributed by atoms with van der Waals surface area (Å²) in [4.78, 5) is 39.0. The fourth-order valence-corrected chi connectivity index (χ4v) is 3.84. The van der Waals surface area contributed by atoms with Crippen LogP contribution >= 0.6 is 15.9 Å². The zero-order valence-corrected chi connectivity index (χ0v) is 19.7. The molecule has 0 radical (unpaired) electrons. The number of urea groups is 1. The second-order valence-electron chi connectivity index (χ2n) is 7.70. The van der Waals surface area contributed by atoms with E-state index >= 15 is 0 Å². The Kier molecular flexibility index (Phi) is 6.42. The van der Waals surface area contributed by atoms with Crippen LogP contribution in [0.15, 0.2) is 76.8 Å². The predicted molar refractivity (Wildman–Crippen MR) is 130 cm³/mol. The molecular weight excluding hydrogens is 484 g/mol. The first-order chi connectivity index (χ1) is 15.8. The number of hydrogen-bond donors (Lipinski definition) is 1. The maximum Gasteiger partial charge on any atom is 0.335 e. The van der Waals surface area contributed by atoms with Crippen LogP contribution in [0, 0.1) is 13.8 Å². The Hall–Kier alpha value is -3.71. The number of anilines is 1. The first kappa shape index (κ1) is 22.5. The molecular formula is C26H21BrN2O4. The molecule has 1 fully saturated rings. The molecule has 6 nitrogen and oxygen atoms in total. The van der Waals surface area contributed by atoms with E-state index in [1.54, 1.807) is 30.3 Å². The van der Waals surface area contributed by atoms with Crippen molar-refractivity contribution in [2.24, 2.45) is 0 Å².